The number of rotatable bonds is 40. The van der Waals surface area contributed by atoms with E-state index >= 15 is 0 Å². The smallest absolute Gasteiger partial charge is 0.397 e. The second kappa shape index (κ2) is 38.7. The third-order valence-electron chi connectivity index (χ3n) is 10.4. The van der Waals surface area contributed by atoms with Gasteiger partial charge in [-0.1, -0.05) is 152 Å². The maximum atomic E-state index is 12.9. The Morgan fingerprint density at radius 3 is 1.63 bits per heavy atom. The molecule has 6 unspecified atom stereocenters. The van der Waals surface area contributed by atoms with Crippen molar-refractivity contribution < 1.29 is 56.2 Å². The fourth-order valence-electron chi connectivity index (χ4n) is 6.84. The number of aliphatic hydroxyl groups is 3. The first-order valence-corrected chi connectivity index (χ1v) is 24.8. The Labute approximate surface area is 364 Å². The number of carbonyl (C=O) groups is 1. The first kappa shape index (κ1) is 56.1. The molecule has 0 bridgehead atoms. The third kappa shape index (κ3) is 31.8. The third-order valence-corrected chi connectivity index (χ3v) is 10.9. The molecule has 0 aromatic carbocycles. The molecule has 12 nitrogen and oxygen atoms in total. The summed E-state index contributed by atoms with van der Waals surface area (Å²) in [6.45, 7) is 3.90. The van der Waals surface area contributed by atoms with E-state index in [4.69, 9.17) is 23.5 Å². The molecule has 1 rings (SSSR count). The quantitative estimate of drug-likeness (QED) is 0.0199. The van der Waals surface area contributed by atoms with Crippen molar-refractivity contribution in [2.75, 3.05) is 26.4 Å². The summed E-state index contributed by atoms with van der Waals surface area (Å²) < 4.78 is 59.1. The van der Waals surface area contributed by atoms with Crippen LogP contribution in [0.1, 0.15) is 181 Å². The van der Waals surface area contributed by atoms with Crippen molar-refractivity contribution in [3.05, 3.63) is 48.6 Å². The average molecular weight is 873 g/mol. The van der Waals surface area contributed by atoms with Crippen molar-refractivity contribution >= 4 is 16.4 Å². The maximum absolute atomic E-state index is 12.9. The highest BCUT2D eigenvalue weighted by Gasteiger charge is 2.48. The van der Waals surface area contributed by atoms with Gasteiger partial charge in [-0.25, -0.2) is 4.18 Å². The van der Waals surface area contributed by atoms with Gasteiger partial charge in [-0.2, -0.15) is 8.42 Å². The lowest BCUT2D eigenvalue weighted by Gasteiger charge is -2.41. The number of carbonyl (C=O) groups excluding carboxylic acids is 1. The number of hydrogen-bond acceptors (Lipinski definition) is 11. The molecular weight excluding hydrogens is 789 g/mol. The molecule has 0 amide bonds. The van der Waals surface area contributed by atoms with Gasteiger partial charge in [0.15, 0.2) is 6.29 Å². The number of unbranched alkanes of at least 4 members (excludes halogenated alkanes) is 19. The second-order valence-electron chi connectivity index (χ2n) is 16.0. The molecule has 0 radical (unpaired) electrons. The van der Waals surface area contributed by atoms with E-state index in [1.807, 2.05) is 0 Å². The molecule has 1 fully saturated rings. The minimum Gasteiger partial charge on any atom is -0.457 e. The van der Waals surface area contributed by atoms with Crippen LogP contribution in [0.4, 0.5) is 0 Å². The van der Waals surface area contributed by atoms with Gasteiger partial charge < -0.3 is 34.3 Å². The van der Waals surface area contributed by atoms with Gasteiger partial charge >= 0.3 is 16.4 Å². The van der Waals surface area contributed by atoms with Gasteiger partial charge in [0.25, 0.3) is 0 Å². The first-order chi connectivity index (χ1) is 29.1. The fourth-order valence-corrected chi connectivity index (χ4v) is 7.34. The van der Waals surface area contributed by atoms with E-state index in [9.17, 15) is 28.5 Å². The molecular formula is C47H84O12S. The molecule has 0 aromatic rings. The highest BCUT2D eigenvalue weighted by atomic mass is 32.3. The molecule has 0 aromatic heterocycles. The van der Waals surface area contributed by atoms with Crippen LogP contribution >= 0.6 is 0 Å². The normalized spacial score (nSPS) is 20.7. The topological polar surface area (TPSA) is 178 Å². The van der Waals surface area contributed by atoms with E-state index in [2.05, 4.69) is 66.6 Å². The van der Waals surface area contributed by atoms with Gasteiger partial charge in [0.1, 0.15) is 30.5 Å². The van der Waals surface area contributed by atoms with Crippen molar-refractivity contribution in [1.29, 1.82) is 0 Å². The van der Waals surface area contributed by atoms with Crippen LogP contribution in [0.25, 0.3) is 0 Å². The lowest BCUT2D eigenvalue weighted by Crippen LogP contribution is -2.60. The molecule has 350 valence electrons. The Bertz CT molecular complexity index is 1240. The Hall–Kier alpha value is -1.94. The second-order valence-corrected chi connectivity index (χ2v) is 17.0. The maximum Gasteiger partial charge on any atom is 0.397 e. The van der Waals surface area contributed by atoms with Crippen molar-refractivity contribution in [3.8, 4) is 0 Å². The first-order valence-electron chi connectivity index (χ1n) is 23.4. The highest BCUT2D eigenvalue weighted by molar-refractivity contribution is 7.80. The fraction of sp³-hybridized carbons (Fsp3) is 0.809. The van der Waals surface area contributed by atoms with Crippen LogP contribution in [-0.2, 0) is 38.3 Å². The van der Waals surface area contributed by atoms with Crippen molar-refractivity contribution in [2.24, 2.45) is 0 Å². The SMILES string of the molecule is CCCC/C=C\C/C=C\CCCCCCCCOCC(COC1OC(CO)C(O)C(OS(=O)(=O)O)C1O)OC(=O)CCCCCCCCC/C=C\C/C=C\CCCCCC. The molecule has 4 N–H and O–H groups in total. The van der Waals surface area contributed by atoms with Crippen LogP contribution in [0.15, 0.2) is 48.6 Å². The number of allylic oxidation sites excluding steroid dienone is 8. The predicted molar refractivity (Wildman–Crippen MR) is 239 cm³/mol. The standard InChI is InChI=1S/C47H84O12S/c1-3-5-7-9-11-13-15-17-19-20-21-22-24-26-28-30-32-34-36-43(49)57-41(40-56-47-45(51)46(59-60(52,53)54)44(50)42(38-48)58-47)39-55-37-35-33-31-29-27-25-23-18-16-14-12-10-8-6-4-2/h10,12-13,15-16,18-20,41-42,44-48,50-51H,3-9,11,14,17,21-40H2,1-2H3,(H,52,53,54)/b12-10-,15-13-,18-16-,20-19-. The van der Waals surface area contributed by atoms with Crippen LogP contribution in [0, 0.1) is 0 Å². The summed E-state index contributed by atoms with van der Waals surface area (Å²) in [4.78, 5) is 12.9. The van der Waals surface area contributed by atoms with Gasteiger partial charge in [0.2, 0.25) is 0 Å². The summed E-state index contributed by atoms with van der Waals surface area (Å²) in [6.07, 6.45) is 37.1. The highest BCUT2D eigenvalue weighted by Crippen LogP contribution is 2.26. The summed E-state index contributed by atoms with van der Waals surface area (Å²) in [7, 11) is -5.07. The Morgan fingerprint density at radius 1 is 0.633 bits per heavy atom. The van der Waals surface area contributed by atoms with Gasteiger partial charge in [-0.3, -0.25) is 9.35 Å². The summed E-state index contributed by atoms with van der Waals surface area (Å²) in [5, 5.41) is 30.7. The van der Waals surface area contributed by atoms with E-state index in [-0.39, 0.29) is 19.6 Å². The van der Waals surface area contributed by atoms with Crippen LogP contribution < -0.4 is 0 Å². The van der Waals surface area contributed by atoms with E-state index in [1.165, 1.54) is 77.0 Å². The average Bonchev–Trinajstić information content (AvgIpc) is 3.22. The molecule has 13 heteroatoms. The predicted octanol–water partition coefficient (Wildman–Crippen LogP) is 9.97. The molecule has 60 heavy (non-hydrogen) atoms. The zero-order chi connectivity index (χ0) is 43.9. The molecule has 6 atom stereocenters. The Morgan fingerprint density at radius 2 is 1.12 bits per heavy atom. The largest absolute Gasteiger partial charge is 0.457 e. The van der Waals surface area contributed by atoms with Crippen LogP contribution in [0.5, 0.6) is 0 Å². The number of aliphatic hydroxyl groups excluding tert-OH is 3. The number of ether oxygens (including phenoxy) is 4. The van der Waals surface area contributed by atoms with Gasteiger partial charge in [-0.05, 0) is 70.6 Å². The summed E-state index contributed by atoms with van der Waals surface area (Å²) in [6, 6.07) is 0. The minimum atomic E-state index is -5.07. The van der Waals surface area contributed by atoms with Crippen LogP contribution in [0.3, 0.4) is 0 Å². The zero-order valence-electron chi connectivity index (χ0n) is 37.3. The van der Waals surface area contributed by atoms with E-state index in [0.29, 0.717) is 13.0 Å². The van der Waals surface area contributed by atoms with Crippen LogP contribution in [0.2, 0.25) is 0 Å². The summed E-state index contributed by atoms with van der Waals surface area (Å²) in [5.74, 6) is -0.412. The number of esters is 1. The molecule has 1 heterocycles. The van der Waals surface area contributed by atoms with E-state index in [1.54, 1.807) is 0 Å². The molecule has 0 saturated carbocycles. The lowest BCUT2D eigenvalue weighted by atomic mass is 9.99. The summed E-state index contributed by atoms with van der Waals surface area (Å²) in [5.41, 5.74) is 0. The van der Waals surface area contributed by atoms with Crippen molar-refractivity contribution in [2.45, 2.75) is 218 Å². The molecule has 0 aliphatic carbocycles. The zero-order valence-corrected chi connectivity index (χ0v) is 38.1. The van der Waals surface area contributed by atoms with Gasteiger partial charge in [-0.15, -0.1) is 0 Å². The molecule has 1 aliphatic rings. The van der Waals surface area contributed by atoms with Gasteiger partial charge in [0, 0.05) is 13.0 Å². The Balaban J connectivity index is 2.43. The minimum absolute atomic E-state index is 0.0245. The van der Waals surface area contributed by atoms with Crippen molar-refractivity contribution in [3.63, 3.8) is 0 Å². The monoisotopic (exact) mass is 873 g/mol. The lowest BCUT2D eigenvalue weighted by molar-refractivity contribution is -0.301. The molecule has 1 aliphatic heterocycles. The summed E-state index contributed by atoms with van der Waals surface area (Å²) >= 11 is 0. The molecule has 0 spiro atoms. The van der Waals surface area contributed by atoms with E-state index < -0.39 is 59.8 Å². The van der Waals surface area contributed by atoms with Gasteiger partial charge in [0.05, 0.1) is 19.8 Å². The van der Waals surface area contributed by atoms with Crippen LogP contribution in [-0.4, -0.2) is 97.5 Å². The number of hydrogen-bond donors (Lipinski definition) is 4. The van der Waals surface area contributed by atoms with E-state index in [0.717, 1.165) is 77.0 Å². The van der Waals surface area contributed by atoms with Crippen molar-refractivity contribution in [1.82, 2.24) is 0 Å². The molecule has 1 saturated heterocycles. The Kier molecular flexibility index (Phi) is 36.2.